The van der Waals surface area contributed by atoms with Crippen LogP contribution in [0.2, 0.25) is 0 Å². The van der Waals surface area contributed by atoms with E-state index in [0.29, 0.717) is 24.5 Å². The predicted molar refractivity (Wildman–Crippen MR) is 122 cm³/mol. The Morgan fingerprint density at radius 1 is 1.19 bits per heavy atom. The molecule has 1 aliphatic rings. The molecule has 160 valence electrons. The molecular formula is C23H25N5O2S. The number of nitrogens with zero attached hydrogens (tertiary/aromatic N) is 4. The molecule has 31 heavy (non-hydrogen) atoms. The second-order valence-electron chi connectivity index (χ2n) is 7.50. The van der Waals surface area contributed by atoms with Crippen LogP contribution in [0.1, 0.15) is 41.9 Å². The molecule has 0 aromatic carbocycles. The van der Waals surface area contributed by atoms with Gasteiger partial charge in [0.1, 0.15) is 5.82 Å². The van der Waals surface area contributed by atoms with E-state index in [1.54, 1.807) is 6.20 Å². The Balaban J connectivity index is 1.70. The highest BCUT2D eigenvalue weighted by Gasteiger charge is 2.41. The van der Waals surface area contributed by atoms with Gasteiger partial charge < -0.3 is 19.5 Å². The normalized spacial score (nSPS) is 18.1. The minimum Gasteiger partial charge on any atom is -0.469 e. The molecule has 4 rings (SSSR count). The summed E-state index contributed by atoms with van der Waals surface area (Å²) in [7, 11) is 1.41. The van der Waals surface area contributed by atoms with E-state index in [2.05, 4.69) is 30.8 Å². The number of carbonyl (C=O) groups is 1. The van der Waals surface area contributed by atoms with Gasteiger partial charge in [0.2, 0.25) is 0 Å². The smallest absolute Gasteiger partial charge is 0.305 e. The molecule has 1 saturated heterocycles. The molecule has 0 saturated carbocycles. The van der Waals surface area contributed by atoms with Gasteiger partial charge in [0.15, 0.2) is 5.11 Å². The average Bonchev–Trinajstić information content (AvgIpc) is 3.39. The Morgan fingerprint density at radius 2 is 2.06 bits per heavy atom. The Morgan fingerprint density at radius 3 is 2.77 bits per heavy atom. The zero-order valence-electron chi connectivity index (χ0n) is 17.6. The lowest BCUT2D eigenvalue weighted by Crippen LogP contribution is -2.31. The Bertz CT molecular complexity index is 1050. The van der Waals surface area contributed by atoms with E-state index < -0.39 is 0 Å². The molecule has 0 bridgehead atoms. The predicted octanol–water partition coefficient (Wildman–Crippen LogP) is 3.50. The van der Waals surface area contributed by atoms with Gasteiger partial charge in [-0.25, -0.2) is 4.98 Å². The molecule has 0 radical (unpaired) electrons. The van der Waals surface area contributed by atoms with E-state index in [4.69, 9.17) is 17.0 Å². The van der Waals surface area contributed by atoms with Crippen LogP contribution in [0.25, 0.3) is 5.82 Å². The van der Waals surface area contributed by atoms with Crippen LogP contribution < -0.4 is 5.32 Å². The van der Waals surface area contributed by atoms with Crippen LogP contribution in [0.5, 0.6) is 0 Å². The first kappa shape index (κ1) is 21.0. The van der Waals surface area contributed by atoms with Gasteiger partial charge in [-0.15, -0.1) is 0 Å². The summed E-state index contributed by atoms with van der Waals surface area (Å²) in [5.74, 6) is 0.626. The van der Waals surface area contributed by atoms with Crippen LogP contribution in [-0.4, -0.2) is 44.2 Å². The van der Waals surface area contributed by atoms with E-state index in [1.165, 1.54) is 7.11 Å². The molecule has 7 nitrogen and oxygen atoms in total. The van der Waals surface area contributed by atoms with Crippen LogP contribution in [0, 0.1) is 6.92 Å². The zero-order chi connectivity index (χ0) is 21.8. The summed E-state index contributed by atoms with van der Waals surface area (Å²) in [6.45, 7) is 2.65. The summed E-state index contributed by atoms with van der Waals surface area (Å²) in [5.41, 5.74) is 3.07. The number of aryl methyl sites for hydroxylation is 1. The first-order chi connectivity index (χ1) is 15.1. The highest BCUT2D eigenvalue weighted by atomic mass is 32.1. The maximum Gasteiger partial charge on any atom is 0.305 e. The number of hydrogen-bond donors (Lipinski definition) is 1. The molecule has 3 aromatic rings. The minimum absolute atomic E-state index is 0.0989. The summed E-state index contributed by atoms with van der Waals surface area (Å²) in [6.07, 6.45) is 6.65. The Hall–Kier alpha value is -3.26. The summed E-state index contributed by atoms with van der Waals surface area (Å²) in [6, 6.07) is 13.8. The van der Waals surface area contributed by atoms with Crippen molar-refractivity contribution >= 4 is 23.3 Å². The number of ether oxygens (including phenoxy) is 1. The third-order valence-corrected chi connectivity index (χ3v) is 5.78. The molecule has 8 heteroatoms. The molecule has 1 N–H and O–H groups in total. The first-order valence-corrected chi connectivity index (χ1v) is 10.6. The molecule has 0 aliphatic carbocycles. The number of thiocarbonyl (C=S) groups is 1. The van der Waals surface area contributed by atoms with Crippen LogP contribution >= 0.6 is 12.2 Å². The lowest BCUT2D eigenvalue weighted by Gasteiger charge is -2.28. The third kappa shape index (κ3) is 4.44. The number of methoxy groups -OCH3 is 1. The number of aromatic nitrogens is 3. The van der Waals surface area contributed by atoms with Crippen molar-refractivity contribution in [1.29, 1.82) is 0 Å². The minimum atomic E-state index is -0.219. The fourth-order valence-corrected chi connectivity index (χ4v) is 4.24. The van der Waals surface area contributed by atoms with Crippen molar-refractivity contribution in [1.82, 2.24) is 24.8 Å². The maximum atomic E-state index is 11.6. The summed E-state index contributed by atoms with van der Waals surface area (Å²) in [5, 5.41) is 4.09. The second-order valence-corrected chi connectivity index (χ2v) is 7.88. The van der Waals surface area contributed by atoms with Crippen LogP contribution in [-0.2, 0) is 9.53 Å². The van der Waals surface area contributed by atoms with E-state index in [0.717, 1.165) is 22.8 Å². The molecule has 1 fully saturated rings. The molecular weight excluding hydrogens is 410 g/mol. The van der Waals surface area contributed by atoms with Crippen LogP contribution in [0.3, 0.4) is 0 Å². The van der Waals surface area contributed by atoms with Crippen LogP contribution in [0.4, 0.5) is 0 Å². The molecule has 0 unspecified atom stereocenters. The Kier molecular flexibility index (Phi) is 6.27. The second kappa shape index (κ2) is 9.26. The Labute approximate surface area is 187 Å². The quantitative estimate of drug-likeness (QED) is 0.450. The van der Waals surface area contributed by atoms with Crippen LogP contribution in [0.15, 0.2) is 61.1 Å². The molecule has 0 spiro atoms. The van der Waals surface area contributed by atoms with Gasteiger partial charge in [0.05, 0.1) is 24.9 Å². The van der Waals surface area contributed by atoms with Gasteiger partial charge in [0, 0.05) is 37.3 Å². The van der Waals surface area contributed by atoms with Crippen molar-refractivity contribution in [2.45, 2.75) is 31.8 Å². The van der Waals surface area contributed by atoms with Gasteiger partial charge in [-0.3, -0.25) is 9.78 Å². The molecule has 4 heterocycles. The van der Waals surface area contributed by atoms with E-state index in [9.17, 15) is 4.79 Å². The van der Waals surface area contributed by atoms with Crippen molar-refractivity contribution in [3.8, 4) is 5.82 Å². The standard InChI is InChI=1S/C23H25N5O2S/c1-16-10-11-19(25-15-16)27-13-5-8-18(27)22-21(17-7-3-4-12-24-17)26-23(31)28(22)14-6-9-20(29)30-2/h3-5,7-8,10-13,15,21-22H,6,9,14H2,1-2H3,(H,26,31)/t21-,22+/m1/s1. The first-order valence-electron chi connectivity index (χ1n) is 10.2. The molecule has 1 aliphatic heterocycles. The maximum absolute atomic E-state index is 11.6. The number of esters is 1. The molecule has 0 amide bonds. The summed E-state index contributed by atoms with van der Waals surface area (Å²) < 4.78 is 6.88. The number of pyridine rings is 2. The average molecular weight is 436 g/mol. The number of hydrogen-bond acceptors (Lipinski definition) is 5. The topological polar surface area (TPSA) is 72.3 Å². The van der Waals surface area contributed by atoms with E-state index >= 15 is 0 Å². The fraction of sp³-hybridized carbons (Fsp3) is 0.304. The highest BCUT2D eigenvalue weighted by molar-refractivity contribution is 7.80. The highest BCUT2D eigenvalue weighted by Crippen LogP contribution is 2.39. The van der Waals surface area contributed by atoms with E-state index in [-0.39, 0.29) is 18.1 Å². The summed E-state index contributed by atoms with van der Waals surface area (Å²) in [4.78, 5) is 22.9. The van der Waals surface area contributed by atoms with Gasteiger partial charge in [-0.1, -0.05) is 12.1 Å². The van der Waals surface area contributed by atoms with Crippen molar-refractivity contribution < 1.29 is 9.53 Å². The van der Waals surface area contributed by atoms with Gasteiger partial charge >= 0.3 is 5.97 Å². The monoisotopic (exact) mass is 435 g/mol. The molecule has 3 aromatic heterocycles. The summed E-state index contributed by atoms with van der Waals surface area (Å²) >= 11 is 5.70. The van der Waals surface area contributed by atoms with Crippen molar-refractivity contribution in [3.05, 3.63) is 78.0 Å². The number of rotatable bonds is 7. The van der Waals surface area contributed by atoms with Crippen molar-refractivity contribution in [2.24, 2.45) is 0 Å². The fourth-order valence-electron chi connectivity index (χ4n) is 3.91. The van der Waals surface area contributed by atoms with Crippen molar-refractivity contribution in [3.63, 3.8) is 0 Å². The van der Waals surface area contributed by atoms with Gasteiger partial charge in [0.25, 0.3) is 0 Å². The van der Waals surface area contributed by atoms with E-state index in [1.807, 2.05) is 55.7 Å². The number of nitrogens with one attached hydrogen (secondary N) is 1. The lowest BCUT2D eigenvalue weighted by molar-refractivity contribution is -0.140. The van der Waals surface area contributed by atoms with Gasteiger partial charge in [-0.2, -0.15) is 0 Å². The largest absolute Gasteiger partial charge is 0.469 e. The van der Waals surface area contributed by atoms with Gasteiger partial charge in [-0.05, 0) is 61.5 Å². The lowest BCUT2D eigenvalue weighted by atomic mass is 10.0. The number of carbonyl (C=O) groups excluding carboxylic acids is 1. The SMILES string of the molecule is COC(=O)CCCN1C(=S)N[C@H](c2ccccn2)[C@@H]1c1cccn1-c1ccc(C)cn1. The van der Waals surface area contributed by atoms with Crippen molar-refractivity contribution in [2.75, 3.05) is 13.7 Å². The molecule has 2 atom stereocenters. The zero-order valence-corrected chi connectivity index (χ0v) is 18.4. The third-order valence-electron chi connectivity index (χ3n) is 5.43.